The van der Waals surface area contributed by atoms with Gasteiger partial charge in [-0.05, 0) is 23.4 Å². The molecule has 0 radical (unpaired) electrons. The number of hydrogen-bond donors (Lipinski definition) is 1. The highest BCUT2D eigenvalue weighted by molar-refractivity contribution is 7.99. The van der Waals surface area contributed by atoms with Crippen LogP contribution < -0.4 is 5.73 Å². The third-order valence-electron chi connectivity index (χ3n) is 2.72. The summed E-state index contributed by atoms with van der Waals surface area (Å²) in [5.41, 5.74) is 8.23. The van der Waals surface area contributed by atoms with Crippen LogP contribution in [-0.4, -0.2) is 28.9 Å². The average molecular weight is 236 g/mol. The molecule has 0 saturated heterocycles. The highest BCUT2D eigenvalue weighted by Gasteiger charge is 2.26. The Kier molecular flexibility index (Phi) is 3.39. The Bertz CT molecular complexity index is 406. The van der Waals surface area contributed by atoms with E-state index >= 15 is 0 Å². The second kappa shape index (κ2) is 4.78. The molecule has 86 valence electrons. The maximum absolute atomic E-state index is 12.0. The van der Waals surface area contributed by atoms with Crippen molar-refractivity contribution in [1.82, 2.24) is 4.90 Å². The molecule has 0 fully saturated rings. The van der Waals surface area contributed by atoms with Crippen LogP contribution in [0.15, 0.2) is 18.2 Å². The van der Waals surface area contributed by atoms with E-state index in [4.69, 9.17) is 5.73 Å². The lowest BCUT2D eigenvalue weighted by atomic mass is 10.1. The van der Waals surface area contributed by atoms with Gasteiger partial charge in [0.05, 0.1) is 0 Å². The molecule has 1 aromatic carbocycles. The molecule has 4 heteroatoms. The molecular formula is C12H16N2OS. The summed E-state index contributed by atoms with van der Waals surface area (Å²) in [6.07, 6.45) is 0. The van der Waals surface area contributed by atoms with Gasteiger partial charge < -0.3 is 10.6 Å². The number of hydrogen-bond acceptors (Lipinski definition) is 3. The number of nitrogens with two attached hydrogens (primary N) is 1. The lowest BCUT2D eigenvalue weighted by Crippen LogP contribution is -2.26. The fourth-order valence-electron chi connectivity index (χ4n) is 1.88. The second-order valence-electron chi connectivity index (χ2n) is 3.84. The van der Waals surface area contributed by atoms with Crippen molar-refractivity contribution in [2.75, 3.05) is 23.8 Å². The van der Waals surface area contributed by atoms with Crippen molar-refractivity contribution in [3.05, 3.63) is 29.3 Å². The van der Waals surface area contributed by atoms with Gasteiger partial charge in [0.2, 0.25) is 0 Å². The minimum atomic E-state index is 0.124. The van der Waals surface area contributed by atoms with Crippen LogP contribution in [0.4, 0.5) is 5.69 Å². The van der Waals surface area contributed by atoms with E-state index in [1.165, 1.54) is 0 Å². The number of rotatable bonds is 4. The van der Waals surface area contributed by atoms with Crippen molar-refractivity contribution in [1.29, 1.82) is 0 Å². The van der Waals surface area contributed by atoms with Gasteiger partial charge in [-0.15, -0.1) is 0 Å². The Labute approximate surface area is 100.0 Å². The van der Waals surface area contributed by atoms with Crippen LogP contribution in [0.2, 0.25) is 0 Å². The molecule has 2 rings (SSSR count). The van der Waals surface area contributed by atoms with Crippen LogP contribution in [0.25, 0.3) is 0 Å². The van der Waals surface area contributed by atoms with Gasteiger partial charge in [0, 0.05) is 30.1 Å². The van der Waals surface area contributed by atoms with Gasteiger partial charge in [-0.2, -0.15) is 11.8 Å². The van der Waals surface area contributed by atoms with Crippen molar-refractivity contribution in [2.45, 2.75) is 13.5 Å². The van der Waals surface area contributed by atoms with Crippen LogP contribution in [0.5, 0.6) is 0 Å². The molecule has 0 atom stereocenters. The van der Waals surface area contributed by atoms with E-state index in [0.29, 0.717) is 5.69 Å². The SMILES string of the molecule is CCSCCN1Cc2ccc(N)cc2C1=O. The summed E-state index contributed by atoms with van der Waals surface area (Å²) >= 11 is 1.86. The first-order chi connectivity index (χ1) is 7.72. The number of nitrogens with zero attached hydrogens (tertiary/aromatic N) is 1. The Balaban J connectivity index is 2.06. The lowest BCUT2D eigenvalue weighted by Gasteiger charge is -2.14. The summed E-state index contributed by atoms with van der Waals surface area (Å²) in [7, 11) is 0. The van der Waals surface area contributed by atoms with E-state index in [2.05, 4.69) is 6.92 Å². The van der Waals surface area contributed by atoms with E-state index in [1.54, 1.807) is 6.07 Å². The van der Waals surface area contributed by atoms with Crippen LogP contribution in [0, 0.1) is 0 Å². The third kappa shape index (κ3) is 2.16. The van der Waals surface area contributed by atoms with Gasteiger partial charge in [0.25, 0.3) is 5.91 Å². The zero-order valence-corrected chi connectivity index (χ0v) is 10.2. The summed E-state index contributed by atoms with van der Waals surface area (Å²) < 4.78 is 0. The number of benzene rings is 1. The van der Waals surface area contributed by atoms with E-state index < -0.39 is 0 Å². The molecule has 1 amide bonds. The van der Waals surface area contributed by atoms with Crippen molar-refractivity contribution in [3.63, 3.8) is 0 Å². The van der Waals surface area contributed by atoms with Crippen LogP contribution in [-0.2, 0) is 6.54 Å². The minimum absolute atomic E-state index is 0.124. The standard InChI is InChI=1S/C12H16N2OS/c1-2-16-6-5-14-8-9-3-4-10(13)7-11(9)12(14)15/h3-4,7H,2,5-6,8,13H2,1H3. The number of fused-ring (bicyclic) bond motifs is 1. The number of nitrogen functional groups attached to an aromatic ring is 1. The molecule has 0 unspecified atom stereocenters. The lowest BCUT2D eigenvalue weighted by molar-refractivity contribution is 0.0788. The number of carbonyl (C=O) groups is 1. The number of carbonyl (C=O) groups excluding carboxylic acids is 1. The predicted octanol–water partition coefficient (Wildman–Crippen LogP) is 1.98. The van der Waals surface area contributed by atoms with Gasteiger partial charge in [-0.25, -0.2) is 0 Å². The molecular weight excluding hydrogens is 220 g/mol. The Morgan fingerprint density at radius 1 is 1.50 bits per heavy atom. The largest absolute Gasteiger partial charge is 0.399 e. The molecule has 1 aliphatic rings. The summed E-state index contributed by atoms with van der Waals surface area (Å²) in [5, 5.41) is 0. The molecule has 1 aliphatic heterocycles. The summed E-state index contributed by atoms with van der Waals surface area (Å²) in [5.74, 6) is 2.23. The fourth-order valence-corrected chi connectivity index (χ4v) is 2.52. The molecule has 3 nitrogen and oxygen atoms in total. The molecule has 0 saturated carbocycles. The van der Waals surface area contributed by atoms with E-state index in [9.17, 15) is 4.79 Å². The first-order valence-electron chi connectivity index (χ1n) is 5.47. The van der Waals surface area contributed by atoms with Crippen LogP contribution in [0.3, 0.4) is 0 Å². The monoisotopic (exact) mass is 236 g/mol. The Morgan fingerprint density at radius 2 is 2.31 bits per heavy atom. The number of anilines is 1. The molecule has 0 bridgehead atoms. The highest BCUT2D eigenvalue weighted by Crippen LogP contribution is 2.24. The third-order valence-corrected chi connectivity index (χ3v) is 3.60. The quantitative estimate of drug-likeness (QED) is 0.642. The smallest absolute Gasteiger partial charge is 0.254 e. The summed E-state index contributed by atoms with van der Waals surface area (Å²) in [4.78, 5) is 13.9. The second-order valence-corrected chi connectivity index (χ2v) is 5.23. The summed E-state index contributed by atoms with van der Waals surface area (Å²) in [6, 6.07) is 5.59. The van der Waals surface area contributed by atoms with Crippen molar-refractivity contribution in [3.8, 4) is 0 Å². The van der Waals surface area contributed by atoms with Crippen molar-refractivity contribution in [2.24, 2.45) is 0 Å². The molecule has 16 heavy (non-hydrogen) atoms. The highest BCUT2D eigenvalue weighted by atomic mass is 32.2. The maximum atomic E-state index is 12.0. The number of amides is 1. The molecule has 2 N–H and O–H groups in total. The number of thioether (sulfide) groups is 1. The molecule has 1 aromatic rings. The van der Waals surface area contributed by atoms with E-state index in [-0.39, 0.29) is 5.91 Å². The van der Waals surface area contributed by atoms with Gasteiger partial charge in [0.15, 0.2) is 0 Å². The topological polar surface area (TPSA) is 46.3 Å². The minimum Gasteiger partial charge on any atom is -0.399 e. The predicted molar refractivity (Wildman–Crippen MR) is 68.6 cm³/mol. The summed E-state index contributed by atoms with van der Waals surface area (Å²) in [6.45, 7) is 3.69. The first kappa shape index (κ1) is 11.3. The molecule has 1 heterocycles. The zero-order chi connectivity index (χ0) is 11.5. The van der Waals surface area contributed by atoms with E-state index in [1.807, 2.05) is 28.8 Å². The molecule has 0 spiro atoms. The average Bonchev–Trinajstić information content (AvgIpc) is 2.57. The van der Waals surface area contributed by atoms with Crippen molar-refractivity contribution < 1.29 is 4.79 Å². The van der Waals surface area contributed by atoms with Gasteiger partial charge >= 0.3 is 0 Å². The van der Waals surface area contributed by atoms with Gasteiger partial charge in [-0.3, -0.25) is 4.79 Å². The Morgan fingerprint density at radius 3 is 3.06 bits per heavy atom. The molecule has 0 aliphatic carbocycles. The Hall–Kier alpha value is -1.16. The normalized spacial score (nSPS) is 14.3. The van der Waals surface area contributed by atoms with E-state index in [0.717, 1.165) is 35.7 Å². The van der Waals surface area contributed by atoms with Crippen molar-refractivity contribution >= 4 is 23.4 Å². The van der Waals surface area contributed by atoms with Crippen LogP contribution >= 0.6 is 11.8 Å². The van der Waals surface area contributed by atoms with Gasteiger partial charge in [0.1, 0.15) is 0 Å². The first-order valence-corrected chi connectivity index (χ1v) is 6.63. The fraction of sp³-hybridized carbons (Fsp3) is 0.417. The van der Waals surface area contributed by atoms with Crippen LogP contribution in [0.1, 0.15) is 22.8 Å². The molecule has 0 aromatic heterocycles. The van der Waals surface area contributed by atoms with Gasteiger partial charge in [-0.1, -0.05) is 13.0 Å². The zero-order valence-electron chi connectivity index (χ0n) is 9.40. The maximum Gasteiger partial charge on any atom is 0.254 e.